The van der Waals surface area contributed by atoms with Crippen LogP contribution >= 0.6 is 0 Å². The highest BCUT2D eigenvalue weighted by Crippen LogP contribution is 2.66. The topological polar surface area (TPSA) is 43.5 Å². The first-order chi connectivity index (χ1) is 19.6. The highest BCUT2D eigenvalue weighted by atomic mass is 16.6. The summed E-state index contributed by atoms with van der Waals surface area (Å²) in [6.07, 6.45) is 17.6. The predicted octanol–water partition coefficient (Wildman–Crippen LogP) is 7.33. The second kappa shape index (κ2) is 8.40. The first kappa shape index (κ1) is 23.7. The fourth-order valence-corrected chi connectivity index (χ4v) is 12.1. The van der Waals surface area contributed by atoms with Crippen LogP contribution in [0.5, 0.6) is 11.5 Å². The minimum Gasteiger partial charge on any atom is -0.491 e. The van der Waals surface area contributed by atoms with E-state index in [4.69, 9.17) is 18.9 Å². The summed E-state index contributed by atoms with van der Waals surface area (Å²) >= 11 is 0. The highest BCUT2D eigenvalue weighted by Gasteiger charge is 2.56. The molecule has 2 aliphatic heterocycles. The average Bonchev–Trinajstić information content (AvgIpc) is 3.84. The van der Waals surface area contributed by atoms with E-state index in [0.29, 0.717) is 18.6 Å². The Morgan fingerprint density at radius 2 is 1.12 bits per heavy atom. The van der Waals surface area contributed by atoms with Crippen molar-refractivity contribution >= 4 is 10.8 Å². The number of epoxide rings is 2. The normalized spacial score (nSPS) is 45.3. The van der Waals surface area contributed by atoms with E-state index in [9.17, 15) is 0 Å². The zero-order valence-corrected chi connectivity index (χ0v) is 23.9. The van der Waals surface area contributed by atoms with Crippen molar-refractivity contribution in [1.29, 1.82) is 0 Å². The third-order valence-corrected chi connectivity index (χ3v) is 12.9. The third kappa shape index (κ3) is 3.77. The minimum absolute atomic E-state index is 0.273. The maximum atomic E-state index is 7.12. The molecule has 8 aliphatic carbocycles. The van der Waals surface area contributed by atoms with Crippen molar-refractivity contribution in [2.75, 3.05) is 26.4 Å². The van der Waals surface area contributed by atoms with E-state index in [1.807, 2.05) is 0 Å². The zero-order valence-electron chi connectivity index (χ0n) is 23.9. The van der Waals surface area contributed by atoms with Crippen LogP contribution < -0.4 is 9.47 Å². The van der Waals surface area contributed by atoms with Gasteiger partial charge in [-0.05, 0) is 147 Å². The Balaban J connectivity index is 1.18. The molecule has 0 radical (unpaired) electrons. The van der Waals surface area contributed by atoms with Crippen molar-refractivity contribution in [1.82, 2.24) is 0 Å². The summed E-state index contributed by atoms with van der Waals surface area (Å²) in [5, 5.41) is 2.83. The molecule has 4 nitrogen and oxygen atoms in total. The van der Waals surface area contributed by atoms with Gasteiger partial charge in [0.1, 0.15) is 36.9 Å². The van der Waals surface area contributed by atoms with Gasteiger partial charge in [-0.2, -0.15) is 0 Å². The van der Waals surface area contributed by atoms with E-state index in [1.54, 1.807) is 11.1 Å². The van der Waals surface area contributed by atoms with Crippen LogP contribution in [-0.4, -0.2) is 38.6 Å². The number of fused-ring (bicyclic) bond motifs is 1. The Bertz CT molecular complexity index is 1280. The molecule has 10 fully saturated rings. The van der Waals surface area contributed by atoms with Crippen LogP contribution in [0, 0.1) is 35.5 Å². The average molecular weight is 541 g/mol. The van der Waals surface area contributed by atoms with E-state index < -0.39 is 0 Å². The third-order valence-electron chi connectivity index (χ3n) is 12.9. The Hall–Kier alpha value is -1.78. The lowest BCUT2D eigenvalue weighted by molar-refractivity contribution is -0.0103. The molecule has 10 aliphatic rings. The lowest BCUT2D eigenvalue weighted by Gasteiger charge is -2.59. The summed E-state index contributed by atoms with van der Waals surface area (Å²) in [6, 6.07) is 9.58. The molecule has 2 atom stereocenters. The van der Waals surface area contributed by atoms with Gasteiger partial charge < -0.3 is 18.9 Å². The molecule has 0 N–H and O–H groups in total. The molecule has 2 aromatic carbocycles. The summed E-state index contributed by atoms with van der Waals surface area (Å²) in [5.74, 6) is 7.78. The number of ether oxygens (including phenoxy) is 4. The van der Waals surface area contributed by atoms with Gasteiger partial charge >= 0.3 is 0 Å². The van der Waals surface area contributed by atoms with E-state index in [-0.39, 0.29) is 17.6 Å². The second-order valence-corrected chi connectivity index (χ2v) is 15.9. The number of hydrogen-bond acceptors (Lipinski definition) is 4. The van der Waals surface area contributed by atoms with E-state index in [1.165, 1.54) is 93.6 Å². The number of benzene rings is 2. The van der Waals surface area contributed by atoms with Gasteiger partial charge in [0.2, 0.25) is 0 Å². The molecule has 0 aromatic heterocycles. The Kier molecular flexibility index (Phi) is 4.99. The number of hydrogen-bond donors (Lipinski definition) is 0. The summed E-state index contributed by atoms with van der Waals surface area (Å²) in [6.45, 7) is 3.08. The van der Waals surface area contributed by atoms with E-state index in [0.717, 1.165) is 54.5 Å². The second-order valence-electron chi connectivity index (χ2n) is 15.9. The molecule has 212 valence electrons. The molecule has 12 rings (SSSR count). The van der Waals surface area contributed by atoms with Crippen LogP contribution in [0.2, 0.25) is 0 Å². The molecule has 0 spiro atoms. The van der Waals surface area contributed by atoms with E-state index in [2.05, 4.69) is 24.3 Å². The summed E-state index contributed by atoms with van der Waals surface area (Å²) in [4.78, 5) is 0. The van der Waals surface area contributed by atoms with Crippen LogP contribution in [-0.2, 0) is 20.3 Å². The van der Waals surface area contributed by atoms with Crippen molar-refractivity contribution < 1.29 is 18.9 Å². The molecule has 40 heavy (non-hydrogen) atoms. The lowest BCUT2D eigenvalue weighted by Crippen LogP contribution is -2.50. The first-order valence-electron chi connectivity index (χ1n) is 16.7. The minimum atomic E-state index is 0.273. The van der Waals surface area contributed by atoms with Crippen molar-refractivity contribution in [2.24, 2.45) is 35.5 Å². The van der Waals surface area contributed by atoms with Gasteiger partial charge in [-0.25, -0.2) is 0 Å². The quantitative estimate of drug-likeness (QED) is 0.329. The van der Waals surface area contributed by atoms with Gasteiger partial charge in [0, 0.05) is 16.5 Å². The Morgan fingerprint density at radius 3 is 1.65 bits per heavy atom. The molecular formula is C36H44O4. The van der Waals surface area contributed by atoms with Crippen LogP contribution in [0.4, 0.5) is 0 Å². The van der Waals surface area contributed by atoms with Crippen molar-refractivity contribution in [2.45, 2.75) is 100 Å². The smallest absolute Gasteiger partial charge is 0.127 e. The maximum absolute atomic E-state index is 7.12. The first-order valence-corrected chi connectivity index (χ1v) is 16.7. The van der Waals surface area contributed by atoms with Gasteiger partial charge in [-0.1, -0.05) is 6.07 Å². The van der Waals surface area contributed by atoms with Gasteiger partial charge in [-0.3, -0.25) is 0 Å². The Morgan fingerprint density at radius 1 is 0.625 bits per heavy atom. The molecule has 0 amide bonds. The largest absolute Gasteiger partial charge is 0.491 e. The molecule has 8 bridgehead atoms. The standard InChI is InChI=1S/C36H44O4/c1-2-31-27(9-28(1)37-17-29-18-38-29)10-32(35-11-21-3-22(12-35)5-23(4-21)13-35)34(40-20-30-19-39-30)33(31)36-14-24-6-25(15-36)8-26(7-24)16-36/h1-2,9-10,21-26,29-30H,3-8,11-20H2. The SMILES string of the molecule is c1cc2c(C34CC5CC(CC(C5)C3)C4)c(OCC3CO3)c(C34CC5CC(CC(C5)C3)C4)cc2cc1OCC1CO1. The van der Waals surface area contributed by atoms with Crippen LogP contribution in [0.25, 0.3) is 10.8 Å². The van der Waals surface area contributed by atoms with Crippen molar-refractivity contribution in [3.63, 3.8) is 0 Å². The highest BCUT2D eigenvalue weighted by molar-refractivity contribution is 5.92. The molecule has 2 heterocycles. The predicted molar refractivity (Wildman–Crippen MR) is 154 cm³/mol. The van der Waals surface area contributed by atoms with Gasteiger partial charge in [0.25, 0.3) is 0 Å². The molecular weight excluding hydrogens is 496 g/mol. The molecule has 4 heteroatoms. The fourth-order valence-electron chi connectivity index (χ4n) is 12.1. The maximum Gasteiger partial charge on any atom is 0.127 e. The summed E-state index contributed by atoms with van der Waals surface area (Å²) in [7, 11) is 0. The number of rotatable bonds is 8. The van der Waals surface area contributed by atoms with E-state index >= 15 is 0 Å². The lowest BCUT2D eigenvalue weighted by atomic mass is 9.46. The van der Waals surface area contributed by atoms with Crippen LogP contribution in [0.3, 0.4) is 0 Å². The van der Waals surface area contributed by atoms with Crippen molar-refractivity contribution in [3.05, 3.63) is 35.4 Å². The Labute approximate surface area is 238 Å². The van der Waals surface area contributed by atoms with Gasteiger partial charge in [0.15, 0.2) is 0 Å². The monoisotopic (exact) mass is 540 g/mol. The zero-order chi connectivity index (χ0) is 26.1. The van der Waals surface area contributed by atoms with Gasteiger partial charge in [0.05, 0.1) is 13.2 Å². The van der Waals surface area contributed by atoms with Crippen LogP contribution in [0.15, 0.2) is 24.3 Å². The summed E-state index contributed by atoms with van der Waals surface area (Å²) in [5.41, 5.74) is 3.74. The summed E-state index contributed by atoms with van der Waals surface area (Å²) < 4.78 is 24.5. The molecule has 2 aromatic rings. The molecule has 8 saturated carbocycles. The molecule has 2 saturated heterocycles. The molecule has 2 unspecified atom stereocenters. The van der Waals surface area contributed by atoms with Crippen LogP contribution in [0.1, 0.15) is 88.2 Å². The van der Waals surface area contributed by atoms with Crippen molar-refractivity contribution in [3.8, 4) is 11.5 Å². The van der Waals surface area contributed by atoms with Gasteiger partial charge in [-0.15, -0.1) is 0 Å². The fraction of sp³-hybridized carbons (Fsp3) is 0.722.